The zero-order chi connectivity index (χ0) is 13.4. The van der Waals surface area contributed by atoms with E-state index in [9.17, 15) is 14.0 Å². The summed E-state index contributed by atoms with van der Waals surface area (Å²) < 4.78 is 16.5. The number of unbranched alkanes of at least 4 members (excludes halogenated alkanes) is 1. The second-order valence-electron chi connectivity index (χ2n) is 4.11. The van der Waals surface area contributed by atoms with Crippen molar-refractivity contribution in [3.63, 3.8) is 0 Å². The fraction of sp³-hybridized carbons (Fsp3) is 0.429. The largest absolute Gasteiger partial charge is 0.463 e. The summed E-state index contributed by atoms with van der Waals surface area (Å²) in [6, 6.07) is 6.39. The van der Waals surface area contributed by atoms with E-state index in [4.69, 9.17) is 0 Å². The van der Waals surface area contributed by atoms with Crippen LogP contribution in [0.4, 0.5) is 4.39 Å². The fourth-order valence-corrected chi connectivity index (χ4v) is 1.60. The Morgan fingerprint density at radius 1 is 1.11 bits per heavy atom. The first-order valence-corrected chi connectivity index (χ1v) is 5.95. The van der Waals surface area contributed by atoms with Crippen LogP contribution in [-0.4, -0.2) is 18.4 Å². The van der Waals surface area contributed by atoms with Crippen LogP contribution in [0.3, 0.4) is 0 Å². The van der Waals surface area contributed by atoms with Crippen LogP contribution in [0.5, 0.6) is 5.75 Å². The standard InChI is InChI=1S/C14H17FO3/c1-11(16)4-2-3-5-14(17)12-6-8-13(9-7-12)18-10-15/h6-9H,2-5,10H2,1H3. The van der Waals surface area contributed by atoms with Gasteiger partial charge in [0.25, 0.3) is 0 Å². The molecule has 0 unspecified atom stereocenters. The molecular weight excluding hydrogens is 235 g/mol. The third kappa shape index (κ3) is 5.08. The van der Waals surface area contributed by atoms with E-state index in [1.165, 1.54) is 0 Å². The lowest BCUT2D eigenvalue weighted by molar-refractivity contribution is -0.117. The Hall–Kier alpha value is -1.71. The second kappa shape index (κ2) is 7.58. The maximum atomic E-state index is 11.9. The minimum atomic E-state index is -0.877. The molecule has 0 heterocycles. The normalized spacial score (nSPS) is 10.1. The zero-order valence-electron chi connectivity index (χ0n) is 10.4. The average molecular weight is 252 g/mol. The van der Waals surface area contributed by atoms with Gasteiger partial charge in [-0.25, -0.2) is 4.39 Å². The summed E-state index contributed by atoms with van der Waals surface area (Å²) in [6.45, 7) is 0.670. The minimum Gasteiger partial charge on any atom is -0.463 e. The fourth-order valence-electron chi connectivity index (χ4n) is 1.60. The lowest BCUT2D eigenvalue weighted by Gasteiger charge is -2.03. The summed E-state index contributed by atoms with van der Waals surface area (Å²) in [5, 5.41) is 0. The molecule has 0 aliphatic heterocycles. The molecule has 0 atom stereocenters. The molecule has 18 heavy (non-hydrogen) atoms. The van der Waals surface area contributed by atoms with Gasteiger partial charge in [0.1, 0.15) is 11.5 Å². The lowest BCUT2D eigenvalue weighted by Crippen LogP contribution is -2.00. The first-order valence-electron chi connectivity index (χ1n) is 5.95. The van der Waals surface area contributed by atoms with Crippen LogP contribution in [0.25, 0.3) is 0 Å². The zero-order valence-corrected chi connectivity index (χ0v) is 10.4. The second-order valence-corrected chi connectivity index (χ2v) is 4.11. The summed E-state index contributed by atoms with van der Waals surface area (Å²) in [7, 11) is 0. The van der Waals surface area contributed by atoms with Crippen LogP contribution in [0, 0.1) is 0 Å². The number of carbonyl (C=O) groups excluding carboxylic acids is 2. The number of ketones is 2. The Balaban J connectivity index is 2.39. The van der Waals surface area contributed by atoms with E-state index in [1.54, 1.807) is 31.2 Å². The first kappa shape index (κ1) is 14.4. The third-order valence-corrected chi connectivity index (χ3v) is 2.58. The van der Waals surface area contributed by atoms with Gasteiger partial charge in [0.2, 0.25) is 6.86 Å². The Labute approximate surface area is 106 Å². The summed E-state index contributed by atoms with van der Waals surface area (Å²) >= 11 is 0. The molecule has 0 radical (unpaired) electrons. The molecule has 0 amide bonds. The van der Waals surface area contributed by atoms with E-state index in [1.807, 2.05) is 0 Å². The molecule has 98 valence electrons. The van der Waals surface area contributed by atoms with E-state index in [-0.39, 0.29) is 11.6 Å². The quantitative estimate of drug-likeness (QED) is 0.526. The highest BCUT2D eigenvalue weighted by molar-refractivity contribution is 5.96. The van der Waals surface area contributed by atoms with E-state index in [0.717, 1.165) is 6.42 Å². The van der Waals surface area contributed by atoms with Crippen molar-refractivity contribution in [3.8, 4) is 5.75 Å². The molecule has 0 aliphatic rings. The van der Waals surface area contributed by atoms with Crippen LogP contribution < -0.4 is 4.74 Å². The van der Waals surface area contributed by atoms with E-state index in [2.05, 4.69) is 4.74 Å². The van der Waals surface area contributed by atoms with Crippen molar-refractivity contribution in [2.45, 2.75) is 32.6 Å². The van der Waals surface area contributed by atoms with Crippen molar-refractivity contribution in [3.05, 3.63) is 29.8 Å². The molecular formula is C14H17FO3. The van der Waals surface area contributed by atoms with Crippen molar-refractivity contribution >= 4 is 11.6 Å². The molecule has 0 saturated heterocycles. The van der Waals surface area contributed by atoms with E-state index in [0.29, 0.717) is 30.6 Å². The molecule has 0 bridgehead atoms. The summed E-state index contributed by atoms with van der Waals surface area (Å²) in [5.74, 6) is 0.589. The van der Waals surface area contributed by atoms with Gasteiger partial charge in [0, 0.05) is 18.4 Å². The minimum absolute atomic E-state index is 0.0327. The SMILES string of the molecule is CC(=O)CCCCC(=O)c1ccc(OCF)cc1. The maximum Gasteiger partial charge on any atom is 0.228 e. The van der Waals surface area contributed by atoms with Crippen molar-refractivity contribution in [2.24, 2.45) is 0 Å². The van der Waals surface area contributed by atoms with Gasteiger partial charge in [-0.3, -0.25) is 4.79 Å². The Kier molecular flexibility index (Phi) is 6.05. The predicted molar refractivity (Wildman–Crippen MR) is 66.5 cm³/mol. The number of Topliss-reactive ketones (excluding diaryl/α,β-unsaturated/α-hetero) is 2. The maximum absolute atomic E-state index is 11.9. The number of halogens is 1. The van der Waals surface area contributed by atoms with E-state index < -0.39 is 6.86 Å². The molecule has 0 fully saturated rings. The Bertz CT molecular complexity index is 398. The first-order chi connectivity index (χ1) is 8.63. The van der Waals surface area contributed by atoms with Gasteiger partial charge in [-0.15, -0.1) is 0 Å². The number of benzene rings is 1. The van der Waals surface area contributed by atoms with Crippen molar-refractivity contribution in [2.75, 3.05) is 6.86 Å². The molecule has 0 saturated carbocycles. The molecule has 0 N–H and O–H groups in total. The van der Waals surface area contributed by atoms with Crippen molar-refractivity contribution in [1.82, 2.24) is 0 Å². The van der Waals surface area contributed by atoms with Gasteiger partial charge in [-0.2, -0.15) is 0 Å². The number of carbonyl (C=O) groups is 2. The van der Waals surface area contributed by atoms with Gasteiger partial charge in [0.15, 0.2) is 5.78 Å². The molecule has 3 nitrogen and oxygen atoms in total. The predicted octanol–water partition coefficient (Wildman–Crippen LogP) is 3.32. The molecule has 0 aliphatic carbocycles. The third-order valence-electron chi connectivity index (χ3n) is 2.58. The average Bonchev–Trinajstić information content (AvgIpc) is 2.35. The molecule has 4 heteroatoms. The Morgan fingerprint density at radius 3 is 2.28 bits per heavy atom. The highest BCUT2D eigenvalue weighted by Gasteiger charge is 2.06. The topological polar surface area (TPSA) is 43.4 Å². The van der Waals surface area contributed by atoms with E-state index >= 15 is 0 Å². The van der Waals surface area contributed by atoms with Crippen LogP contribution in [0.2, 0.25) is 0 Å². The summed E-state index contributed by atoms with van der Waals surface area (Å²) in [4.78, 5) is 22.5. The van der Waals surface area contributed by atoms with Crippen LogP contribution in [0.1, 0.15) is 43.0 Å². The number of hydrogen-bond donors (Lipinski definition) is 0. The van der Waals surface area contributed by atoms with Gasteiger partial charge >= 0.3 is 0 Å². The monoisotopic (exact) mass is 252 g/mol. The molecule has 0 aromatic heterocycles. The lowest BCUT2D eigenvalue weighted by atomic mass is 10.0. The van der Waals surface area contributed by atoms with Crippen molar-refractivity contribution in [1.29, 1.82) is 0 Å². The molecule has 1 aromatic rings. The number of rotatable bonds is 8. The Morgan fingerprint density at radius 2 is 1.72 bits per heavy atom. The number of hydrogen-bond acceptors (Lipinski definition) is 3. The smallest absolute Gasteiger partial charge is 0.228 e. The molecule has 1 aromatic carbocycles. The number of alkyl halides is 1. The summed E-state index contributed by atoms with van der Waals surface area (Å²) in [5.41, 5.74) is 0.587. The van der Waals surface area contributed by atoms with Crippen LogP contribution in [0.15, 0.2) is 24.3 Å². The highest BCUT2D eigenvalue weighted by atomic mass is 19.1. The molecule has 0 spiro atoms. The number of ether oxygens (including phenoxy) is 1. The van der Waals surface area contributed by atoms with Gasteiger partial charge < -0.3 is 9.53 Å². The van der Waals surface area contributed by atoms with Gasteiger partial charge in [-0.05, 0) is 44.0 Å². The van der Waals surface area contributed by atoms with Gasteiger partial charge in [-0.1, -0.05) is 0 Å². The van der Waals surface area contributed by atoms with Crippen molar-refractivity contribution < 1.29 is 18.7 Å². The van der Waals surface area contributed by atoms with Gasteiger partial charge in [0.05, 0.1) is 0 Å². The molecule has 1 rings (SSSR count). The highest BCUT2D eigenvalue weighted by Crippen LogP contribution is 2.14. The summed E-state index contributed by atoms with van der Waals surface area (Å²) in [6.07, 6.45) is 2.40. The van der Waals surface area contributed by atoms with Crippen LogP contribution >= 0.6 is 0 Å². The van der Waals surface area contributed by atoms with Crippen LogP contribution in [-0.2, 0) is 4.79 Å².